The summed E-state index contributed by atoms with van der Waals surface area (Å²) in [6, 6.07) is 11.9. The zero-order valence-corrected chi connectivity index (χ0v) is 23.3. The van der Waals surface area contributed by atoms with Crippen LogP contribution in [0.15, 0.2) is 42.5 Å². The van der Waals surface area contributed by atoms with E-state index in [0.29, 0.717) is 32.7 Å². The molecule has 2 aromatic rings. The van der Waals surface area contributed by atoms with E-state index in [9.17, 15) is 19.2 Å². The molecular formula is C31H42N4O5. The standard InChI is InChI=1S/C31H42N4O5/c36-28-16-5-3-1-2-4-10-19-40-22-27(34-31(39)26(33-28)20-29(37)35-17-8-9-18-35)30(38)32-21-24-14-11-13-23-12-6-7-15-25(23)24/h6-7,11-15,26-27H,1-5,8-10,16-22H2,(H,32,38)(H,33,36)(H,34,39). The van der Waals surface area contributed by atoms with Crippen molar-refractivity contribution in [2.24, 2.45) is 0 Å². The largest absolute Gasteiger partial charge is 0.379 e. The predicted octanol–water partition coefficient (Wildman–Crippen LogP) is 3.20. The van der Waals surface area contributed by atoms with Crippen LogP contribution in [0.3, 0.4) is 0 Å². The summed E-state index contributed by atoms with van der Waals surface area (Å²) in [5.74, 6) is -1.35. The quantitative estimate of drug-likeness (QED) is 0.529. The van der Waals surface area contributed by atoms with Crippen LogP contribution in [0.5, 0.6) is 0 Å². The fourth-order valence-corrected chi connectivity index (χ4v) is 5.35. The van der Waals surface area contributed by atoms with Crippen molar-refractivity contribution in [1.82, 2.24) is 20.9 Å². The molecule has 2 atom stereocenters. The molecule has 4 rings (SSSR count). The Labute approximate surface area is 236 Å². The predicted molar refractivity (Wildman–Crippen MR) is 153 cm³/mol. The molecule has 40 heavy (non-hydrogen) atoms. The molecule has 2 saturated heterocycles. The lowest BCUT2D eigenvalue weighted by atomic mass is 10.0. The minimum atomic E-state index is -1.05. The van der Waals surface area contributed by atoms with Crippen molar-refractivity contribution in [3.05, 3.63) is 48.0 Å². The lowest BCUT2D eigenvalue weighted by Gasteiger charge is -2.25. The molecule has 0 radical (unpaired) electrons. The van der Waals surface area contributed by atoms with Crippen LogP contribution in [0, 0.1) is 0 Å². The highest BCUT2D eigenvalue weighted by atomic mass is 16.5. The van der Waals surface area contributed by atoms with Crippen LogP contribution in [0.1, 0.15) is 69.8 Å². The number of carbonyl (C=O) groups is 4. The molecule has 2 aliphatic rings. The van der Waals surface area contributed by atoms with E-state index in [-0.39, 0.29) is 30.7 Å². The molecule has 4 amide bonds. The van der Waals surface area contributed by atoms with Gasteiger partial charge in [0.2, 0.25) is 23.6 Å². The van der Waals surface area contributed by atoms with Crippen LogP contribution < -0.4 is 16.0 Å². The number of benzene rings is 2. The molecule has 2 heterocycles. The average Bonchev–Trinajstić information content (AvgIpc) is 3.50. The summed E-state index contributed by atoms with van der Waals surface area (Å²) >= 11 is 0. The summed E-state index contributed by atoms with van der Waals surface area (Å²) in [6.45, 7) is 2.12. The molecule has 0 aliphatic carbocycles. The Morgan fingerprint density at radius 3 is 2.42 bits per heavy atom. The molecule has 2 aromatic carbocycles. The van der Waals surface area contributed by atoms with Crippen LogP contribution in [-0.2, 0) is 30.5 Å². The molecule has 0 saturated carbocycles. The van der Waals surface area contributed by atoms with E-state index in [4.69, 9.17) is 4.74 Å². The van der Waals surface area contributed by atoms with Crippen molar-refractivity contribution in [2.75, 3.05) is 26.3 Å². The number of fused-ring (bicyclic) bond motifs is 1. The normalized spacial score (nSPS) is 21.9. The Morgan fingerprint density at radius 1 is 0.875 bits per heavy atom. The number of rotatable bonds is 5. The fraction of sp³-hybridized carbons (Fsp3) is 0.548. The Balaban J connectivity index is 1.46. The molecule has 3 N–H and O–H groups in total. The Kier molecular flexibility index (Phi) is 11.3. The van der Waals surface area contributed by atoms with Crippen molar-refractivity contribution in [1.29, 1.82) is 0 Å². The first-order valence-corrected chi connectivity index (χ1v) is 14.7. The highest BCUT2D eigenvalue weighted by molar-refractivity contribution is 5.95. The van der Waals surface area contributed by atoms with E-state index in [1.54, 1.807) is 4.90 Å². The lowest BCUT2D eigenvalue weighted by Crippen LogP contribution is -2.56. The number of ether oxygens (including phenoxy) is 1. The fourth-order valence-electron chi connectivity index (χ4n) is 5.35. The number of amides is 4. The third-order valence-electron chi connectivity index (χ3n) is 7.68. The first-order valence-electron chi connectivity index (χ1n) is 14.7. The number of nitrogens with one attached hydrogen (secondary N) is 3. The second-order valence-corrected chi connectivity index (χ2v) is 10.8. The van der Waals surface area contributed by atoms with Crippen molar-refractivity contribution in [3.8, 4) is 0 Å². The lowest BCUT2D eigenvalue weighted by molar-refractivity contribution is -0.137. The Bertz CT molecular complexity index is 1160. The monoisotopic (exact) mass is 550 g/mol. The zero-order chi connectivity index (χ0) is 28.2. The smallest absolute Gasteiger partial charge is 0.245 e. The van der Waals surface area contributed by atoms with E-state index in [2.05, 4.69) is 16.0 Å². The maximum Gasteiger partial charge on any atom is 0.245 e. The number of hydrogen-bond acceptors (Lipinski definition) is 5. The van der Waals surface area contributed by atoms with Gasteiger partial charge in [-0.1, -0.05) is 68.1 Å². The molecular weight excluding hydrogens is 508 g/mol. The van der Waals surface area contributed by atoms with Gasteiger partial charge in [-0.05, 0) is 42.0 Å². The van der Waals surface area contributed by atoms with Gasteiger partial charge < -0.3 is 25.6 Å². The molecule has 2 unspecified atom stereocenters. The van der Waals surface area contributed by atoms with E-state index >= 15 is 0 Å². The van der Waals surface area contributed by atoms with Gasteiger partial charge in [-0.15, -0.1) is 0 Å². The topological polar surface area (TPSA) is 117 Å². The number of carbonyl (C=O) groups excluding carboxylic acids is 4. The third-order valence-corrected chi connectivity index (χ3v) is 7.68. The molecule has 216 valence electrons. The first-order chi connectivity index (χ1) is 19.5. The second-order valence-electron chi connectivity index (χ2n) is 10.8. The van der Waals surface area contributed by atoms with Gasteiger partial charge in [-0.3, -0.25) is 19.2 Å². The van der Waals surface area contributed by atoms with Gasteiger partial charge in [-0.2, -0.15) is 0 Å². The van der Waals surface area contributed by atoms with E-state index in [0.717, 1.165) is 67.7 Å². The SMILES string of the molecule is O=C1CCCCCCCCOCC(C(=O)NCc2cccc3ccccc23)NC(=O)C(CC(=O)N2CCCC2)N1. The van der Waals surface area contributed by atoms with Gasteiger partial charge in [0.1, 0.15) is 12.1 Å². The molecule has 0 spiro atoms. The number of hydrogen-bond donors (Lipinski definition) is 3. The van der Waals surface area contributed by atoms with Crippen LogP contribution in [0.25, 0.3) is 10.8 Å². The van der Waals surface area contributed by atoms with Crippen LogP contribution in [0.2, 0.25) is 0 Å². The van der Waals surface area contributed by atoms with Crippen LogP contribution >= 0.6 is 0 Å². The number of likely N-dealkylation sites (tertiary alicyclic amines) is 1. The Hall–Kier alpha value is -3.46. The second kappa shape index (κ2) is 15.4. The van der Waals surface area contributed by atoms with Gasteiger partial charge >= 0.3 is 0 Å². The van der Waals surface area contributed by atoms with Crippen molar-refractivity contribution in [2.45, 2.75) is 82.8 Å². The van der Waals surface area contributed by atoms with E-state index in [1.165, 1.54) is 0 Å². The average molecular weight is 551 g/mol. The highest BCUT2D eigenvalue weighted by Crippen LogP contribution is 2.18. The molecule has 2 aliphatic heterocycles. The maximum absolute atomic E-state index is 13.4. The summed E-state index contributed by atoms with van der Waals surface area (Å²) in [5, 5.41) is 10.6. The van der Waals surface area contributed by atoms with Crippen molar-refractivity contribution in [3.63, 3.8) is 0 Å². The van der Waals surface area contributed by atoms with Crippen LogP contribution in [0.4, 0.5) is 0 Å². The van der Waals surface area contributed by atoms with E-state index < -0.39 is 18.0 Å². The Morgan fingerprint density at radius 2 is 1.60 bits per heavy atom. The van der Waals surface area contributed by atoms with Gasteiger partial charge in [0.25, 0.3) is 0 Å². The third kappa shape index (κ3) is 8.78. The molecule has 9 nitrogen and oxygen atoms in total. The summed E-state index contributed by atoms with van der Waals surface area (Å²) in [7, 11) is 0. The minimum absolute atomic E-state index is 0.00779. The highest BCUT2D eigenvalue weighted by Gasteiger charge is 2.30. The molecule has 2 fully saturated rings. The summed E-state index contributed by atoms with van der Waals surface area (Å²) in [4.78, 5) is 54.1. The minimum Gasteiger partial charge on any atom is -0.379 e. The number of nitrogens with zero attached hydrogens (tertiary/aromatic N) is 1. The molecule has 0 aromatic heterocycles. The first kappa shape index (κ1) is 29.5. The van der Waals surface area contributed by atoms with Gasteiger partial charge in [0.05, 0.1) is 13.0 Å². The maximum atomic E-state index is 13.4. The zero-order valence-electron chi connectivity index (χ0n) is 23.3. The van der Waals surface area contributed by atoms with Crippen molar-refractivity contribution >= 4 is 34.4 Å². The van der Waals surface area contributed by atoms with E-state index in [1.807, 2.05) is 42.5 Å². The molecule has 9 heteroatoms. The summed E-state index contributed by atoms with van der Waals surface area (Å²) in [5.41, 5.74) is 0.966. The van der Waals surface area contributed by atoms with Gasteiger partial charge in [-0.25, -0.2) is 0 Å². The van der Waals surface area contributed by atoms with Crippen LogP contribution in [-0.4, -0.2) is 66.9 Å². The van der Waals surface area contributed by atoms with Crippen molar-refractivity contribution < 1.29 is 23.9 Å². The molecule has 0 bridgehead atoms. The summed E-state index contributed by atoms with van der Waals surface area (Å²) < 4.78 is 5.82. The van der Waals surface area contributed by atoms with Gasteiger partial charge in [0.15, 0.2) is 0 Å². The van der Waals surface area contributed by atoms with Gasteiger partial charge in [0, 0.05) is 32.7 Å². The summed E-state index contributed by atoms with van der Waals surface area (Å²) in [6.07, 6.45) is 7.68.